The number of terminal acetylenes is 1. The Balaban J connectivity index is 2.36. The first-order valence-corrected chi connectivity index (χ1v) is 6.51. The molecule has 0 saturated heterocycles. The molecule has 0 saturated carbocycles. The van der Waals surface area contributed by atoms with Crippen molar-refractivity contribution in [1.29, 1.82) is 0 Å². The van der Waals surface area contributed by atoms with E-state index < -0.39 is 0 Å². The maximum atomic E-state index is 9.98. The third-order valence-corrected chi connectivity index (χ3v) is 2.90. The van der Waals surface area contributed by atoms with Crippen LogP contribution in [-0.4, -0.2) is 27.2 Å². The smallest absolute Gasteiger partial charge is 0.143 e. The zero-order valence-corrected chi connectivity index (χ0v) is 12.1. The summed E-state index contributed by atoms with van der Waals surface area (Å²) in [6, 6.07) is 5.20. The van der Waals surface area contributed by atoms with Gasteiger partial charge in [-0.3, -0.25) is 0 Å². The molecule has 2 aromatic rings. The summed E-state index contributed by atoms with van der Waals surface area (Å²) >= 11 is 0. The highest BCUT2D eigenvalue weighted by Gasteiger charge is 2.10. The van der Waals surface area contributed by atoms with Gasteiger partial charge >= 0.3 is 0 Å². The summed E-state index contributed by atoms with van der Waals surface area (Å²) in [5.41, 5.74) is 2.94. The van der Waals surface area contributed by atoms with Gasteiger partial charge in [-0.15, -0.1) is 22.2 Å². The van der Waals surface area contributed by atoms with Gasteiger partial charge in [0.15, 0.2) is 0 Å². The summed E-state index contributed by atoms with van der Waals surface area (Å²) in [4.78, 5) is 1.42. The molecule has 0 atom stereocenters. The lowest BCUT2D eigenvalue weighted by molar-refractivity contribution is 0.185. The molecule has 2 rings (SSSR count). The highest BCUT2D eigenvalue weighted by atomic mass is 16.5. The van der Waals surface area contributed by atoms with Crippen LogP contribution in [0.5, 0.6) is 5.75 Å². The molecule has 1 heterocycles. The van der Waals surface area contributed by atoms with Crippen molar-refractivity contribution < 1.29 is 9.84 Å². The SMILES string of the molecule is C#CC/C=C\c1nn(-c2cc(COC)ccc2O)nc1C. The summed E-state index contributed by atoms with van der Waals surface area (Å²) in [5.74, 6) is 2.65. The number of nitrogens with zero attached hydrogens (tertiary/aromatic N) is 3. The van der Waals surface area contributed by atoms with Crippen LogP contribution in [0.1, 0.15) is 23.4 Å². The lowest BCUT2D eigenvalue weighted by Crippen LogP contribution is -2.01. The molecular formula is C16H17N3O2. The summed E-state index contributed by atoms with van der Waals surface area (Å²) in [7, 11) is 1.62. The van der Waals surface area contributed by atoms with Crippen molar-refractivity contribution in [3.8, 4) is 23.8 Å². The van der Waals surface area contributed by atoms with E-state index in [2.05, 4.69) is 16.1 Å². The third kappa shape index (κ3) is 3.50. The van der Waals surface area contributed by atoms with Crippen LogP contribution in [0.15, 0.2) is 24.3 Å². The zero-order chi connectivity index (χ0) is 15.2. The number of ether oxygens (including phenoxy) is 1. The fourth-order valence-corrected chi connectivity index (χ4v) is 1.88. The molecule has 1 aromatic carbocycles. The normalized spacial score (nSPS) is 10.9. The van der Waals surface area contributed by atoms with Crippen molar-refractivity contribution >= 4 is 6.08 Å². The van der Waals surface area contributed by atoms with Gasteiger partial charge in [0.1, 0.15) is 17.1 Å². The predicted molar refractivity (Wildman–Crippen MR) is 81.0 cm³/mol. The van der Waals surface area contributed by atoms with Gasteiger partial charge in [0, 0.05) is 13.5 Å². The quantitative estimate of drug-likeness (QED) is 0.856. The van der Waals surface area contributed by atoms with Crippen molar-refractivity contribution in [2.24, 2.45) is 0 Å². The van der Waals surface area contributed by atoms with Gasteiger partial charge < -0.3 is 9.84 Å². The highest BCUT2D eigenvalue weighted by molar-refractivity contribution is 5.50. The van der Waals surface area contributed by atoms with Crippen LogP contribution in [-0.2, 0) is 11.3 Å². The van der Waals surface area contributed by atoms with Crippen molar-refractivity contribution in [2.75, 3.05) is 7.11 Å². The van der Waals surface area contributed by atoms with Crippen LogP contribution in [0.3, 0.4) is 0 Å². The Kier molecular flexibility index (Phi) is 4.75. The molecule has 108 valence electrons. The minimum atomic E-state index is 0.115. The molecule has 0 aliphatic heterocycles. The molecule has 0 spiro atoms. The van der Waals surface area contributed by atoms with E-state index in [1.807, 2.05) is 19.1 Å². The topological polar surface area (TPSA) is 60.2 Å². The van der Waals surface area contributed by atoms with Gasteiger partial charge in [0.05, 0.1) is 12.3 Å². The van der Waals surface area contributed by atoms with Gasteiger partial charge in [-0.25, -0.2) is 0 Å². The van der Waals surface area contributed by atoms with Crippen LogP contribution < -0.4 is 0 Å². The number of hydrogen-bond acceptors (Lipinski definition) is 4. The molecule has 5 nitrogen and oxygen atoms in total. The second-order valence-electron chi connectivity index (χ2n) is 4.53. The van der Waals surface area contributed by atoms with Gasteiger partial charge in [-0.2, -0.15) is 5.10 Å². The molecule has 0 amide bonds. The van der Waals surface area contributed by atoms with Gasteiger partial charge in [0.2, 0.25) is 0 Å². The fraction of sp³-hybridized carbons (Fsp3) is 0.250. The van der Waals surface area contributed by atoms with E-state index in [0.717, 1.165) is 17.0 Å². The Labute approximate surface area is 123 Å². The molecule has 0 bridgehead atoms. The van der Waals surface area contributed by atoms with Crippen molar-refractivity contribution in [2.45, 2.75) is 20.0 Å². The van der Waals surface area contributed by atoms with Crippen LogP contribution in [0, 0.1) is 19.3 Å². The molecule has 0 unspecified atom stereocenters. The van der Waals surface area contributed by atoms with Crippen LogP contribution in [0.4, 0.5) is 0 Å². The number of hydrogen-bond donors (Lipinski definition) is 1. The molecule has 5 heteroatoms. The zero-order valence-electron chi connectivity index (χ0n) is 12.1. The number of phenols is 1. The Hall–Kier alpha value is -2.58. The van der Waals surface area contributed by atoms with Crippen molar-refractivity contribution in [3.63, 3.8) is 0 Å². The highest BCUT2D eigenvalue weighted by Crippen LogP contribution is 2.23. The summed E-state index contributed by atoms with van der Waals surface area (Å²) in [6.45, 7) is 2.32. The number of phenolic OH excluding ortho intramolecular Hbond substituents is 1. The number of aromatic nitrogens is 3. The van der Waals surface area contributed by atoms with Gasteiger partial charge in [0.25, 0.3) is 0 Å². The maximum Gasteiger partial charge on any atom is 0.143 e. The molecular weight excluding hydrogens is 266 g/mol. The number of allylic oxidation sites excluding steroid dienone is 1. The molecule has 0 aliphatic carbocycles. The molecule has 0 radical (unpaired) electrons. The van der Waals surface area contributed by atoms with E-state index in [9.17, 15) is 5.11 Å². The van der Waals surface area contributed by atoms with E-state index in [-0.39, 0.29) is 5.75 Å². The summed E-state index contributed by atoms with van der Waals surface area (Å²) < 4.78 is 5.09. The predicted octanol–water partition coefficient (Wildman–Crippen LogP) is 2.46. The number of methoxy groups -OCH3 is 1. The van der Waals surface area contributed by atoms with Gasteiger partial charge in [-0.1, -0.05) is 12.1 Å². The van der Waals surface area contributed by atoms with Crippen LogP contribution >= 0.6 is 0 Å². The average molecular weight is 283 g/mol. The van der Waals surface area contributed by atoms with E-state index in [0.29, 0.717) is 18.7 Å². The molecule has 0 fully saturated rings. The standard InChI is InChI=1S/C16H17N3O2/c1-4-5-6-7-14-12(2)17-19(18-14)15-10-13(11-21-3)8-9-16(15)20/h1,6-10,20H,5,11H2,2-3H3/b7-6-. The molecule has 21 heavy (non-hydrogen) atoms. The van der Waals surface area contributed by atoms with Gasteiger partial charge in [-0.05, 0) is 30.7 Å². The first-order chi connectivity index (χ1) is 10.2. The fourth-order valence-electron chi connectivity index (χ4n) is 1.88. The van der Waals surface area contributed by atoms with Crippen LogP contribution in [0.2, 0.25) is 0 Å². The maximum absolute atomic E-state index is 9.98. The largest absolute Gasteiger partial charge is 0.506 e. The Bertz CT molecular complexity index is 696. The Morgan fingerprint density at radius 3 is 2.95 bits per heavy atom. The summed E-state index contributed by atoms with van der Waals surface area (Å²) in [6.07, 6.45) is 9.42. The summed E-state index contributed by atoms with van der Waals surface area (Å²) in [5, 5.41) is 18.7. The van der Waals surface area contributed by atoms with Crippen molar-refractivity contribution in [3.05, 3.63) is 41.2 Å². The molecule has 1 N–H and O–H groups in total. The lowest BCUT2D eigenvalue weighted by atomic mass is 10.2. The average Bonchev–Trinajstić information content (AvgIpc) is 2.83. The first kappa shape index (κ1) is 14.8. The number of benzene rings is 1. The number of rotatable bonds is 5. The minimum Gasteiger partial charge on any atom is -0.506 e. The van der Waals surface area contributed by atoms with E-state index >= 15 is 0 Å². The Morgan fingerprint density at radius 1 is 1.43 bits per heavy atom. The number of aryl methyl sites for hydroxylation is 1. The molecule has 0 aliphatic rings. The van der Waals surface area contributed by atoms with E-state index in [1.54, 1.807) is 25.3 Å². The monoisotopic (exact) mass is 283 g/mol. The Morgan fingerprint density at radius 2 is 2.24 bits per heavy atom. The lowest BCUT2D eigenvalue weighted by Gasteiger charge is -2.06. The second-order valence-corrected chi connectivity index (χ2v) is 4.53. The van der Waals surface area contributed by atoms with E-state index in [4.69, 9.17) is 11.2 Å². The first-order valence-electron chi connectivity index (χ1n) is 6.51. The second kappa shape index (κ2) is 6.73. The van der Waals surface area contributed by atoms with E-state index in [1.165, 1.54) is 4.80 Å². The van der Waals surface area contributed by atoms with Crippen LogP contribution in [0.25, 0.3) is 11.8 Å². The number of aromatic hydroxyl groups is 1. The third-order valence-electron chi connectivity index (χ3n) is 2.90. The molecule has 1 aromatic heterocycles. The minimum absolute atomic E-state index is 0.115. The van der Waals surface area contributed by atoms with Crippen molar-refractivity contribution in [1.82, 2.24) is 15.0 Å².